The van der Waals surface area contributed by atoms with Gasteiger partial charge in [0.05, 0.1) is 18.4 Å². The number of hydrogen-bond donors (Lipinski definition) is 2. The molecular weight excluding hydrogens is 254 g/mol. The number of anilines is 2. The van der Waals surface area contributed by atoms with Crippen LogP contribution in [0.3, 0.4) is 0 Å². The second kappa shape index (κ2) is 5.65. The summed E-state index contributed by atoms with van der Waals surface area (Å²) in [5.74, 6) is -0.143. The van der Waals surface area contributed by atoms with E-state index in [1.807, 2.05) is 38.1 Å². The minimum absolute atomic E-state index is 0.254. The highest BCUT2D eigenvalue weighted by molar-refractivity contribution is 5.95. The third-order valence-electron chi connectivity index (χ3n) is 3.08. The number of aromatic carboxylic acids is 1. The summed E-state index contributed by atoms with van der Waals surface area (Å²) in [6.45, 7) is 3.87. The molecule has 2 aromatic rings. The molecule has 0 heterocycles. The normalized spacial score (nSPS) is 10.2. The molecule has 0 saturated carbocycles. The Kier molecular flexibility index (Phi) is 3.94. The zero-order chi connectivity index (χ0) is 14.7. The van der Waals surface area contributed by atoms with Crippen molar-refractivity contribution in [2.24, 2.45) is 0 Å². The number of carboxylic acid groups (broad SMARTS) is 1. The topological polar surface area (TPSA) is 58.6 Å². The quantitative estimate of drug-likeness (QED) is 0.889. The average molecular weight is 271 g/mol. The SMILES string of the molecule is COc1ccc(Nc2cc(C)ccc2C(=O)O)cc1C. The van der Waals surface area contributed by atoms with Crippen LogP contribution in [0.5, 0.6) is 5.75 Å². The van der Waals surface area contributed by atoms with Crippen molar-refractivity contribution in [1.82, 2.24) is 0 Å². The van der Waals surface area contributed by atoms with Crippen LogP contribution >= 0.6 is 0 Å². The Hall–Kier alpha value is -2.49. The molecule has 0 unspecified atom stereocenters. The number of rotatable bonds is 4. The predicted molar refractivity (Wildman–Crippen MR) is 79.2 cm³/mol. The van der Waals surface area contributed by atoms with Gasteiger partial charge in [-0.15, -0.1) is 0 Å². The summed E-state index contributed by atoms with van der Waals surface area (Å²) in [5.41, 5.74) is 3.66. The fourth-order valence-corrected chi connectivity index (χ4v) is 2.06. The van der Waals surface area contributed by atoms with Crippen LogP contribution in [0.25, 0.3) is 0 Å². The Bertz CT molecular complexity index is 650. The molecule has 0 saturated heterocycles. The highest BCUT2D eigenvalue weighted by Gasteiger charge is 2.10. The Balaban J connectivity index is 2.36. The first-order valence-electron chi connectivity index (χ1n) is 6.27. The molecule has 2 aromatic carbocycles. The van der Waals surface area contributed by atoms with E-state index in [9.17, 15) is 9.90 Å². The van der Waals surface area contributed by atoms with E-state index in [1.54, 1.807) is 19.2 Å². The van der Waals surface area contributed by atoms with Crippen LogP contribution in [-0.4, -0.2) is 18.2 Å². The molecule has 4 heteroatoms. The van der Waals surface area contributed by atoms with Gasteiger partial charge in [0.15, 0.2) is 0 Å². The van der Waals surface area contributed by atoms with Gasteiger partial charge in [0.2, 0.25) is 0 Å². The highest BCUT2D eigenvalue weighted by Crippen LogP contribution is 2.26. The Labute approximate surface area is 118 Å². The lowest BCUT2D eigenvalue weighted by atomic mass is 10.1. The molecule has 0 amide bonds. The number of benzene rings is 2. The Morgan fingerprint density at radius 2 is 1.90 bits per heavy atom. The zero-order valence-electron chi connectivity index (χ0n) is 11.7. The third-order valence-corrected chi connectivity index (χ3v) is 3.08. The lowest BCUT2D eigenvalue weighted by molar-refractivity contribution is 0.0698. The minimum atomic E-state index is -0.947. The molecule has 2 N–H and O–H groups in total. The van der Waals surface area contributed by atoms with Gasteiger partial charge in [-0.2, -0.15) is 0 Å². The number of ether oxygens (including phenoxy) is 1. The Morgan fingerprint density at radius 1 is 1.15 bits per heavy atom. The van der Waals surface area contributed by atoms with Gasteiger partial charge < -0.3 is 15.2 Å². The van der Waals surface area contributed by atoms with E-state index in [0.717, 1.165) is 22.6 Å². The van der Waals surface area contributed by atoms with E-state index in [-0.39, 0.29) is 5.56 Å². The number of carboxylic acids is 1. The second-order valence-electron chi connectivity index (χ2n) is 4.66. The van der Waals surface area contributed by atoms with Crippen LogP contribution in [0.1, 0.15) is 21.5 Å². The molecule has 104 valence electrons. The first-order chi connectivity index (χ1) is 9.51. The van der Waals surface area contributed by atoms with Gasteiger partial charge in [-0.25, -0.2) is 4.79 Å². The monoisotopic (exact) mass is 271 g/mol. The van der Waals surface area contributed by atoms with Crippen LogP contribution in [0.2, 0.25) is 0 Å². The van der Waals surface area contributed by atoms with Crippen molar-refractivity contribution in [2.45, 2.75) is 13.8 Å². The van der Waals surface area contributed by atoms with Gasteiger partial charge in [-0.3, -0.25) is 0 Å². The van der Waals surface area contributed by atoms with Gasteiger partial charge in [-0.05, 0) is 55.3 Å². The summed E-state index contributed by atoms with van der Waals surface area (Å²) in [5, 5.41) is 12.4. The molecule has 0 aliphatic rings. The number of carbonyl (C=O) groups is 1. The van der Waals surface area contributed by atoms with Crippen LogP contribution < -0.4 is 10.1 Å². The van der Waals surface area contributed by atoms with Crippen LogP contribution in [-0.2, 0) is 0 Å². The van der Waals surface area contributed by atoms with Crippen molar-refractivity contribution < 1.29 is 14.6 Å². The number of nitrogens with one attached hydrogen (secondary N) is 1. The van der Waals surface area contributed by atoms with Gasteiger partial charge in [-0.1, -0.05) is 6.07 Å². The van der Waals surface area contributed by atoms with Crippen molar-refractivity contribution in [3.05, 3.63) is 53.1 Å². The van der Waals surface area contributed by atoms with Crippen LogP contribution in [0.15, 0.2) is 36.4 Å². The minimum Gasteiger partial charge on any atom is -0.496 e. The fraction of sp³-hybridized carbons (Fsp3) is 0.188. The van der Waals surface area contributed by atoms with Gasteiger partial charge >= 0.3 is 5.97 Å². The molecule has 0 aliphatic carbocycles. The molecular formula is C16H17NO3. The lowest BCUT2D eigenvalue weighted by Gasteiger charge is -2.12. The molecule has 0 spiro atoms. The molecule has 2 rings (SSSR count). The maximum Gasteiger partial charge on any atom is 0.337 e. The lowest BCUT2D eigenvalue weighted by Crippen LogP contribution is -2.03. The molecule has 0 fully saturated rings. The van der Waals surface area contributed by atoms with E-state index >= 15 is 0 Å². The molecule has 4 nitrogen and oxygen atoms in total. The largest absolute Gasteiger partial charge is 0.496 e. The van der Waals surface area contributed by atoms with E-state index in [4.69, 9.17) is 4.74 Å². The third kappa shape index (κ3) is 2.91. The molecule has 0 radical (unpaired) electrons. The van der Waals surface area contributed by atoms with E-state index in [0.29, 0.717) is 5.69 Å². The molecule has 0 atom stereocenters. The predicted octanol–water partition coefficient (Wildman–Crippen LogP) is 3.75. The summed E-state index contributed by atoms with van der Waals surface area (Å²) in [4.78, 5) is 11.2. The summed E-state index contributed by atoms with van der Waals surface area (Å²) in [6, 6.07) is 10.9. The average Bonchev–Trinajstić information content (AvgIpc) is 2.38. The van der Waals surface area contributed by atoms with Gasteiger partial charge in [0.1, 0.15) is 5.75 Å². The van der Waals surface area contributed by atoms with Gasteiger partial charge in [0.25, 0.3) is 0 Å². The van der Waals surface area contributed by atoms with Crippen molar-refractivity contribution in [2.75, 3.05) is 12.4 Å². The highest BCUT2D eigenvalue weighted by atomic mass is 16.5. The van der Waals surface area contributed by atoms with Gasteiger partial charge in [0, 0.05) is 5.69 Å². The molecule has 0 aromatic heterocycles. The zero-order valence-corrected chi connectivity index (χ0v) is 11.7. The van der Waals surface area contributed by atoms with Crippen LogP contribution in [0, 0.1) is 13.8 Å². The number of hydrogen-bond acceptors (Lipinski definition) is 3. The first kappa shape index (κ1) is 13.9. The number of aryl methyl sites for hydroxylation is 2. The van der Waals surface area contributed by atoms with Crippen molar-refractivity contribution in [3.63, 3.8) is 0 Å². The maximum absolute atomic E-state index is 11.2. The summed E-state index contributed by atoms with van der Waals surface area (Å²) in [7, 11) is 1.62. The summed E-state index contributed by atoms with van der Waals surface area (Å²) in [6.07, 6.45) is 0. The molecule has 20 heavy (non-hydrogen) atoms. The first-order valence-corrected chi connectivity index (χ1v) is 6.27. The van der Waals surface area contributed by atoms with E-state index in [1.165, 1.54) is 0 Å². The number of methoxy groups -OCH3 is 1. The maximum atomic E-state index is 11.2. The molecule has 0 aliphatic heterocycles. The smallest absolute Gasteiger partial charge is 0.337 e. The van der Waals surface area contributed by atoms with E-state index < -0.39 is 5.97 Å². The molecule has 0 bridgehead atoms. The Morgan fingerprint density at radius 3 is 2.50 bits per heavy atom. The fourth-order valence-electron chi connectivity index (χ4n) is 2.06. The summed E-state index contributed by atoms with van der Waals surface area (Å²) >= 11 is 0. The second-order valence-corrected chi connectivity index (χ2v) is 4.66. The van der Waals surface area contributed by atoms with Crippen molar-refractivity contribution >= 4 is 17.3 Å². The standard InChI is InChI=1S/C16H17NO3/c1-10-4-6-13(16(18)19)14(8-10)17-12-5-7-15(20-3)11(2)9-12/h4-9,17H,1-3H3,(H,18,19). The van der Waals surface area contributed by atoms with E-state index in [2.05, 4.69) is 5.32 Å². The van der Waals surface area contributed by atoms with Crippen molar-refractivity contribution in [3.8, 4) is 5.75 Å². The summed E-state index contributed by atoms with van der Waals surface area (Å²) < 4.78 is 5.21. The van der Waals surface area contributed by atoms with Crippen LogP contribution in [0.4, 0.5) is 11.4 Å². The van der Waals surface area contributed by atoms with Crippen molar-refractivity contribution in [1.29, 1.82) is 0 Å².